The maximum absolute atomic E-state index is 12.0. The summed E-state index contributed by atoms with van der Waals surface area (Å²) in [6, 6.07) is 5.77. The lowest BCUT2D eigenvalue weighted by Crippen LogP contribution is -2.27. The molecule has 2 aromatic rings. The number of fused-ring (bicyclic) bond motifs is 3. The van der Waals surface area contributed by atoms with Crippen LogP contribution in [0.4, 0.5) is 0 Å². The normalized spacial score (nSPS) is 15.3. The SMILES string of the molecule is COc1ccc2sc3c(c2c1)OCCCNC3=O. The van der Waals surface area contributed by atoms with E-state index in [1.807, 2.05) is 18.2 Å². The van der Waals surface area contributed by atoms with Gasteiger partial charge in [-0.1, -0.05) is 0 Å². The Morgan fingerprint density at radius 2 is 2.33 bits per heavy atom. The maximum atomic E-state index is 12.0. The summed E-state index contributed by atoms with van der Waals surface area (Å²) in [5, 5.41) is 3.84. The largest absolute Gasteiger partial charge is 0.497 e. The maximum Gasteiger partial charge on any atom is 0.265 e. The minimum absolute atomic E-state index is 0.0510. The average molecular weight is 263 g/mol. The summed E-state index contributed by atoms with van der Waals surface area (Å²) in [7, 11) is 1.63. The molecule has 1 aliphatic rings. The number of nitrogens with one attached hydrogen (secondary N) is 1. The van der Waals surface area contributed by atoms with Crippen LogP contribution in [0.15, 0.2) is 18.2 Å². The lowest BCUT2D eigenvalue weighted by molar-refractivity contribution is 0.0945. The molecule has 1 N–H and O–H groups in total. The standard InChI is InChI=1S/C13H13NO3S/c1-16-8-3-4-10-9(7-8)11-12(18-10)13(15)14-5-2-6-17-11/h3-4,7H,2,5-6H2,1H3,(H,14,15). The quantitative estimate of drug-likeness (QED) is 0.859. The van der Waals surface area contributed by atoms with E-state index in [1.165, 1.54) is 11.3 Å². The molecule has 0 bridgehead atoms. The zero-order valence-corrected chi connectivity index (χ0v) is 10.8. The van der Waals surface area contributed by atoms with Gasteiger partial charge in [-0.2, -0.15) is 0 Å². The number of carbonyl (C=O) groups is 1. The third-order valence-corrected chi connectivity index (χ3v) is 4.06. The Kier molecular flexibility index (Phi) is 2.83. The second-order valence-electron chi connectivity index (χ2n) is 4.08. The van der Waals surface area contributed by atoms with Crippen LogP contribution in [0.25, 0.3) is 10.1 Å². The van der Waals surface area contributed by atoms with Crippen molar-refractivity contribution in [3.8, 4) is 11.5 Å². The van der Waals surface area contributed by atoms with Gasteiger partial charge in [0.2, 0.25) is 0 Å². The van der Waals surface area contributed by atoms with Crippen LogP contribution in [0.2, 0.25) is 0 Å². The molecular formula is C13H13NO3S. The molecule has 0 unspecified atom stereocenters. The second kappa shape index (κ2) is 4.49. The molecule has 0 fully saturated rings. The highest BCUT2D eigenvalue weighted by Gasteiger charge is 2.21. The summed E-state index contributed by atoms with van der Waals surface area (Å²) in [6.45, 7) is 1.28. The Morgan fingerprint density at radius 1 is 1.44 bits per heavy atom. The molecular weight excluding hydrogens is 250 g/mol. The zero-order valence-electron chi connectivity index (χ0n) is 9.99. The predicted octanol–water partition coefficient (Wildman–Crippen LogP) is 2.42. The van der Waals surface area contributed by atoms with Gasteiger partial charge in [0.1, 0.15) is 10.6 Å². The van der Waals surface area contributed by atoms with Crippen molar-refractivity contribution in [3.63, 3.8) is 0 Å². The van der Waals surface area contributed by atoms with E-state index < -0.39 is 0 Å². The van der Waals surface area contributed by atoms with Gasteiger partial charge in [-0.15, -0.1) is 11.3 Å². The molecule has 5 heteroatoms. The van der Waals surface area contributed by atoms with Crippen LogP contribution in [0.5, 0.6) is 11.5 Å². The molecule has 0 spiro atoms. The van der Waals surface area contributed by atoms with Gasteiger partial charge in [-0.25, -0.2) is 0 Å². The summed E-state index contributed by atoms with van der Waals surface area (Å²) in [5.41, 5.74) is 0. The topological polar surface area (TPSA) is 47.6 Å². The summed E-state index contributed by atoms with van der Waals surface area (Å²) in [4.78, 5) is 12.6. The van der Waals surface area contributed by atoms with Gasteiger partial charge in [-0.05, 0) is 24.6 Å². The van der Waals surface area contributed by atoms with E-state index >= 15 is 0 Å². The van der Waals surface area contributed by atoms with Crippen LogP contribution >= 0.6 is 11.3 Å². The summed E-state index contributed by atoms with van der Waals surface area (Å²) >= 11 is 1.46. The number of ether oxygens (including phenoxy) is 2. The molecule has 3 rings (SSSR count). The average Bonchev–Trinajstić information content (AvgIpc) is 2.73. The Labute approximate surface area is 109 Å². The predicted molar refractivity (Wildman–Crippen MR) is 70.8 cm³/mol. The Balaban J connectivity index is 2.20. The van der Waals surface area contributed by atoms with Crippen LogP contribution in [-0.2, 0) is 0 Å². The fourth-order valence-corrected chi connectivity index (χ4v) is 3.05. The summed E-state index contributed by atoms with van der Waals surface area (Å²) < 4.78 is 12.0. The molecule has 0 saturated carbocycles. The molecule has 1 aromatic heterocycles. The van der Waals surface area contributed by atoms with Crippen molar-refractivity contribution in [3.05, 3.63) is 23.1 Å². The third-order valence-electron chi connectivity index (χ3n) is 2.91. The van der Waals surface area contributed by atoms with Crippen molar-refractivity contribution in [1.29, 1.82) is 0 Å². The fourth-order valence-electron chi connectivity index (χ4n) is 2.00. The number of hydrogen-bond acceptors (Lipinski definition) is 4. The molecule has 0 radical (unpaired) electrons. The monoisotopic (exact) mass is 263 g/mol. The van der Waals surface area contributed by atoms with Gasteiger partial charge in [0.25, 0.3) is 5.91 Å². The van der Waals surface area contributed by atoms with Crippen LogP contribution in [-0.4, -0.2) is 26.2 Å². The molecule has 1 aromatic carbocycles. The lowest BCUT2D eigenvalue weighted by Gasteiger charge is -2.12. The van der Waals surface area contributed by atoms with Gasteiger partial charge < -0.3 is 14.8 Å². The number of rotatable bonds is 1. The van der Waals surface area contributed by atoms with Crippen molar-refractivity contribution < 1.29 is 14.3 Å². The highest BCUT2D eigenvalue weighted by atomic mass is 32.1. The van der Waals surface area contributed by atoms with Crippen molar-refractivity contribution in [2.24, 2.45) is 0 Å². The number of methoxy groups -OCH3 is 1. The van der Waals surface area contributed by atoms with E-state index in [2.05, 4.69) is 5.32 Å². The van der Waals surface area contributed by atoms with E-state index in [1.54, 1.807) is 7.11 Å². The first-order chi connectivity index (χ1) is 8.79. The summed E-state index contributed by atoms with van der Waals surface area (Å²) in [5.74, 6) is 1.41. The molecule has 18 heavy (non-hydrogen) atoms. The van der Waals surface area contributed by atoms with E-state index in [-0.39, 0.29) is 5.91 Å². The zero-order chi connectivity index (χ0) is 12.5. The smallest absolute Gasteiger partial charge is 0.265 e. The number of amides is 1. The Bertz CT molecular complexity index is 606. The number of thiophene rings is 1. The van der Waals surface area contributed by atoms with Gasteiger partial charge in [0.15, 0.2) is 5.75 Å². The Hall–Kier alpha value is -1.75. The first kappa shape index (κ1) is 11.3. The molecule has 4 nitrogen and oxygen atoms in total. The van der Waals surface area contributed by atoms with Crippen molar-refractivity contribution >= 4 is 27.3 Å². The second-order valence-corrected chi connectivity index (χ2v) is 5.13. The van der Waals surface area contributed by atoms with Crippen LogP contribution in [0, 0.1) is 0 Å². The van der Waals surface area contributed by atoms with Gasteiger partial charge in [0.05, 0.1) is 13.7 Å². The highest BCUT2D eigenvalue weighted by Crippen LogP contribution is 2.40. The van der Waals surface area contributed by atoms with E-state index in [9.17, 15) is 4.79 Å². The van der Waals surface area contributed by atoms with E-state index in [0.717, 1.165) is 22.3 Å². The van der Waals surface area contributed by atoms with Gasteiger partial charge in [-0.3, -0.25) is 4.79 Å². The first-order valence-electron chi connectivity index (χ1n) is 5.81. The van der Waals surface area contributed by atoms with Crippen LogP contribution in [0.1, 0.15) is 16.1 Å². The minimum Gasteiger partial charge on any atom is -0.497 e. The van der Waals surface area contributed by atoms with E-state index in [4.69, 9.17) is 9.47 Å². The number of benzene rings is 1. The first-order valence-corrected chi connectivity index (χ1v) is 6.63. The number of hydrogen-bond donors (Lipinski definition) is 1. The van der Waals surface area contributed by atoms with Crippen molar-refractivity contribution in [2.75, 3.05) is 20.3 Å². The number of carbonyl (C=O) groups excluding carboxylic acids is 1. The fraction of sp³-hybridized carbons (Fsp3) is 0.308. The van der Waals surface area contributed by atoms with E-state index in [0.29, 0.717) is 23.8 Å². The van der Waals surface area contributed by atoms with Crippen LogP contribution < -0.4 is 14.8 Å². The van der Waals surface area contributed by atoms with Gasteiger partial charge in [0, 0.05) is 16.6 Å². The molecule has 1 aliphatic heterocycles. The third kappa shape index (κ3) is 1.80. The molecule has 2 heterocycles. The highest BCUT2D eigenvalue weighted by molar-refractivity contribution is 7.21. The lowest BCUT2D eigenvalue weighted by atomic mass is 10.2. The molecule has 0 atom stereocenters. The van der Waals surface area contributed by atoms with Crippen LogP contribution in [0.3, 0.4) is 0 Å². The minimum atomic E-state index is -0.0510. The molecule has 94 valence electrons. The van der Waals surface area contributed by atoms with Crippen molar-refractivity contribution in [2.45, 2.75) is 6.42 Å². The van der Waals surface area contributed by atoms with Gasteiger partial charge >= 0.3 is 0 Å². The molecule has 1 amide bonds. The molecule has 0 saturated heterocycles. The Morgan fingerprint density at radius 3 is 3.17 bits per heavy atom. The summed E-state index contributed by atoms with van der Waals surface area (Å²) in [6.07, 6.45) is 0.826. The van der Waals surface area contributed by atoms with Crippen molar-refractivity contribution in [1.82, 2.24) is 5.32 Å². The molecule has 0 aliphatic carbocycles.